The first kappa shape index (κ1) is 16.4. The Morgan fingerprint density at radius 2 is 2.09 bits per heavy atom. The van der Waals surface area contributed by atoms with Crippen LogP contribution in [-0.4, -0.2) is 22.4 Å². The number of urea groups is 1. The number of hydrogen-bond donors (Lipinski definition) is 2. The average molecular weight is 321 g/mol. The minimum Gasteiger partial charge on any atom is -0.338 e. The molecule has 6 heteroatoms. The highest BCUT2D eigenvalue weighted by molar-refractivity contribution is 6.30. The minimum atomic E-state index is -0.160. The number of benzene rings is 1. The van der Waals surface area contributed by atoms with E-state index in [-0.39, 0.29) is 12.1 Å². The molecule has 1 aromatic carbocycles. The number of carbonyl (C=O) groups excluding carboxylic acids is 1. The maximum Gasteiger partial charge on any atom is 0.315 e. The van der Waals surface area contributed by atoms with Gasteiger partial charge in [-0.3, -0.25) is 4.68 Å². The van der Waals surface area contributed by atoms with Crippen LogP contribution in [-0.2, 0) is 13.5 Å². The summed E-state index contributed by atoms with van der Waals surface area (Å²) >= 11 is 5.84. The van der Waals surface area contributed by atoms with E-state index in [0.29, 0.717) is 6.54 Å². The summed E-state index contributed by atoms with van der Waals surface area (Å²) in [7, 11) is 1.85. The van der Waals surface area contributed by atoms with E-state index in [1.165, 1.54) is 5.56 Å². The van der Waals surface area contributed by atoms with Crippen LogP contribution in [0.15, 0.2) is 36.7 Å². The van der Waals surface area contributed by atoms with Crippen molar-refractivity contribution in [3.8, 4) is 0 Å². The molecule has 0 aliphatic heterocycles. The van der Waals surface area contributed by atoms with E-state index in [1.807, 2.05) is 44.4 Å². The van der Waals surface area contributed by atoms with Gasteiger partial charge in [0.15, 0.2) is 0 Å². The van der Waals surface area contributed by atoms with Gasteiger partial charge >= 0.3 is 6.03 Å². The van der Waals surface area contributed by atoms with Crippen molar-refractivity contribution >= 4 is 17.6 Å². The lowest BCUT2D eigenvalue weighted by atomic mass is 10.1. The highest BCUT2D eigenvalue weighted by atomic mass is 35.5. The zero-order chi connectivity index (χ0) is 15.9. The molecule has 1 heterocycles. The molecule has 0 radical (unpaired) electrons. The van der Waals surface area contributed by atoms with Crippen LogP contribution < -0.4 is 10.6 Å². The van der Waals surface area contributed by atoms with Gasteiger partial charge in [-0.05, 0) is 37.5 Å². The number of rotatable bonds is 6. The van der Waals surface area contributed by atoms with Gasteiger partial charge in [0.05, 0.1) is 12.2 Å². The lowest BCUT2D eigenvalue weighted by Gasteiger charge is -2.13. The fourth-order valence-corrected chi connectivity index (χ4v) is 2.27. The summed E-state index contributed by atoms with van der Waals surface area (Å²) in [5.41, 5.74) is 2.20. The Morgan fingerprint density at radius 1 is 1.36 bits per heavy atom. The number of hydrogen-bond acceptors (Lipinski definition) is 2. The number of halogens is 1. The van der Waals surface area contributed by atoms with E-state index < -0.39 is 0 Å². The summed E-state index contributed by atoms with van der Waals surface area (Å²) in [4.78, 5) is 11.8. The number of aryl methyl sites for hydroxylation is 2. The lowest BCUT2D eigenvalue weighted by molar-refractivity contribution is 0.238. The maximum atomic E-state index is 11.8. The van der Waals surface area contributed by atoms with Crippen LogP contribution in [0.4, 0.5) is 4.79 Å². The standard InChI is InChI=1S/C16H21ClN4O/c1-12(14-10-19-21(2)11-14)20-16(22)18-9-3-4-13-5-7-15(17)8-6-13/h5-8,10-12H,3-4,9H2,1-2H3,(H2,18,20,22). The van der Waals surface area contributed by atoms with Crippen molar-refractivity contribution in [2.75, 3.05) is 6.54 Å². The van der Waals surface area contributed by atoms with Gasteiger partial charge in [-0.25, -0.2) is 4.79 Å². The molecule has 1 unspecified atom stereocenters. The topological polar surface area (TPSA) is 59.0 Å². The van der Waals surface area contributed by atoms with Gasteiger partial charge < -0.3 is 10.6 Å². The molecule has 2 amide bonds. The fourth-order valence-electron chi connectivity index (χ4n) is 2.14. The minimum absolute atomic E-state index is 0.0648. The SMILES string of the molecule is CC(NC(=O)NCCCc1ccc(Cl)cc1)c1cnn(C)c1. The van der Waals surface area contributed by atoms with Gasteiger partial charge in [-0.2, -0.15) is 5.10 Å². The van der Waals surface area contributed by atoms with Gasteiger partial charge in [-0.1, -0.05) is 23.7 Å². The zero-order valence-corrected chi connectivity index (χ0v) is 13.6. The smallest absolute Gasteiger partial charge is 0.315 e. The summed E-state index contributed by atoms with van der Waals surface area (Å²) < 4.78 is 1.72. The van der Waals surface area contributed by atoms with E-state index in [2.05, 4.69) is 15.7 Å². The first-order chi connectivity index (χ1) is 10.5. The summed E-state index contributed by atoms with van der Waals surface area (Å²) in [6.07, 6.45) is 5.45. The van der Waals surface area contributed by atoms with Gasteiger partial charge in [-0.15, -0.1) is 0 Å². The zero-order valence-electron chi connectivity index (χ0n) is 12.8. The average Bonchev–Trinajstić information content (AvgIpc) is 2.92. The molecule has 1 atom stereocenters. The van der Waals surface area contributed by atoms with Crippen LogP contribution in [0.25, 0.3) is 0 Å². The van der Waals surface area contributed by atoms with Crippen LogP contribution in [0.1, 0.15) is 30.5 Å². The molecular weight excluding hydrogens is 300 g/mol. The van der Waals surface area contributed by atoms with Crippen LogP contribution in [0.3, 0.4) is 0 Å². The van der Waals surface area contributed by atoms with Gasteiger partial charge in [0.2, 0.25) is 0 Å². The predicted octanol–water partition coefficient (Wildman–Crippen LogP) is 3.07. The Labute approximate surface area is 135 Å². The van der Waals surface area contributed by atoms with Crippen LogP contribution in [0.2, 0.25) is 5.02 Å². The van der Waals surface area contributed by atoms with Crippen molar-refractivity contribution in [3.05, 3.63) is 52.8 Å². The summed E-state index contributed by atoms with van der Waals surface area (Å²) in [6, 6.07) is 7.55. The molecule has 0 spiro atoms. The largest absolute Gasteiger partial charge is 0.338 e. The van der Waals surface area contributed by atoms with Crippen molar-refractivity contribution in [3.63, 3.8) is 0 Å². The molecule has 2 aromatic rings. The van der Waals surface area contributed by atoms with E-state index >= 15 is 0 Å². The molecule has 118 valence electrons. The molecule has 0 saturated heterocycles. The molecule has 5 nitrogen and oxygen atoms in total. The molecule has 0 saturated carbocycles. The summed E-state index contributed by atoms with van der Waals surface area (Å²) in [6.45, 7) is 2.57. The van der Waals surface area contributed by atoms with E-state index in [1.54, 1.807) is 10.9 Å². The highest BCUT2D eigenvalue weighted by Crippen LogP contribution is 2.11. The van der Waals surface area contributed by atoms with Crippen molar-refractivity contribution < 1.29 is 4.79 Å². The third-order valence-corrected chi connectivity index (χ3v) is 3.67. The molecule has 0 aliphatic carbocycles. The molecule has 1 aromatic heterocycles. The Hall–Kier alpha value is -2.01. The lowest BCUT2D eigenvalue weighted by Crippen LogP contribution is -2.37. The first-order valence-electron chi connectivity index (χ1n) is 7.32. The molecule has 2 N–H and O–H groups in total. The quantitative estimate of drug-likeness (QED) is 0.804. The monoisotopic (exact) mass is 320 g/mol. The van der Waals surface area contributed by atoms with E-state index in [0.717, 1.165) is 23.4 Å². The van der Waals surface area contributed by atoms with E-state index in [9.17, 15) is 4.79 Å². The maximum absolute atomic E-state index is 11.8. The van der Waals surface area contributed by atoms with E-state index in [4.69, 9.17) is 11.6 Å². The Bertz CT molecular complexity index is 609. The van der Waals surface area contributed by atoms with Crippen molar-refractivity contribution in [1.82, 2.24) is 20.4 Å². The van der Waals surface area contributed by atoms with Crippen LogP contribution in [0.5, 0.6) is 0 Å². The third kappa shape index (κ3) is 5.07. The summed E-state index contributed by atoms with van der Waals surface area (Å²) in [5.74, 6) is 0. The second-order valence-electron chi connectivity index (χ2n) is 5.30. The van der Waals surface area contributed by atoms with Crippen molar-refractivity contribution in [2.45, 2.75) is 25.8 Å². The second kappa shape index (κ2) is 7.84. The number of amides is 2. The molecule has 0 aliphatic rings. The molecule has 0 bridgehead atoms. The number of nitrogens with one attached hydrogen (secondary N) is 2. The molecule has 0 fully saturated rings. The molecular formula is C16H21ClN4O. The van der Waals surface area contributed by atoms with Gasteiger partial charge in [0.25, 0.3) is 0 Å². The fraction of sp³-hybridized carbons (Fsp3) is 0.375. The number of carbonyl (C=O) groups is 1. The van der Waals surface area contributed by atoms with Gasteiger partial charge in [0.1, 0.15) is 0 Å². The normalized spacial score (nSPS) is 12.0. The van der Waals surface area contributed by atoms with Crippen molar-refractivity contribution in [2.24, 2.45) is 7.05 Å². The second-order valence-corrected chi connectivity index (χ2v) is 5.74. The van der Waals surface area contributed by atoms with Crippen LogP contribution in [0, 0.1) is 0 Å². The Morgan fingerprint density at radius 3 is 2.73 bits per heavy atom. The highest BCUT2D eigenvalue weighted by Gasteiger charge is 2.10. The summed E-state index contributed by atoms with van der Waals surface area (Å²) in [5, 5.41) is 10.6. The number of nitrogens with zero attached hydrogens (tertiary/aromatic N) is 2. The number of aromatic nitrogens is 2. The Balaban J connectivity index is 1.66. The Kier molecular flexibility index (Phi) is 5.83. The van der Waals surface area contributed by atoms with Crippen molar-refractivity contribution in [1.29, 1.82) is 0 Å². The molecule has 22 heavy (non-hydrogen) atoms. The molecule has 2 rings (SSSR count). The van der Waals surface area contributed by atoms with Gasteiger partial charge in [0, 0.05) is 30.4 Å². The predicted molar refractivity (Wildman–Crippen MR) is 87.9 cm³/mol. The third-order valence-electron chi connectivity index (χ3n) is 3.41. The van der Waals surface area contributed by atoms with Crippen LogP contribution >= 0.6 is 11.6 Å². The first-order valence-corrected chi connectivity index (χ1v) is 7.70.